The predicted molar refractivity (Wildman–Crippen MR) is 96.9 cm³/mol. The minimum absolute atomic E-state index is 0.615. The second-order valence-corrected chi connectivity index (χ2v) is 7.08. The first-order valence-corrected chi connectivity index (χ1v) is 9.23. The number of likely N-dealkylation sites (tertiary alicyclic amines) is 1. The second-order valence-electron chi connectivity index (χ2n) is 7.08. The summed E-state index contributed by atoms with van der Waals surface area (Å²) in [5.74, 6) is 1.41. The van der Waals surface area contributed by atoms with Crippen LogP contribution in [0.2, 0.25) is 0 Å². The molecule has 0 bridgehead atoms. The molecule has 2 fully saturated rings. The van der Waals surface area contributed by atoms with E-state index in [1.165, 1.54) is 32.2 Å². The fraction of sp³-hybridized carbons (Fsp3) is 0.579. The van der Waals surface area contributed by atoms with E-state index in [-0.39, 0.29) is 0 Å². The molecule has 6 heteroatoms. The van der Waals surface area contributed by atoms with E-state index in [4.69, 9.17) is 9.26 Å². The van der Waals surface area contributed by atoms with Gasteiger partial charge in [0.25, 0.3) is 0 Å². The molecule has 3 heterocycles. The fourth-order valence-corrected chi connectivity index (χ4v) is 4.11. The van der Waals surface area contributed by atoms with Crippen molar-refractivity contribution < 1.29 is 9.26 Å². The van der Waals surface area contributed by atoms with Crippen LogP contribution in [0.1, 0.15) is 32.6 Å². The number of rotatable bonds is 4. The summed E-state index contributed by atoms with van der Waals surface area (Å²) in [5, 5.41) is 4.15. The lowest BCUT2D eigenvalue weighted by molar-refractivity contribution is 0.161. The molecule has 0 spiro atoms. The van der Waals surface area contributed by atoms with E-state index in [1.54, 1.807) is 7.11 Å². The van der Waals surface area contributed by atoms with Gasteiger partial charge < -0.3 is 14.2 Å². The van der Waals surface area contributed by atoms with Crippen LogP contribution in [0.25, 0.3) is 11.4 Å². The van der Waals surface area contributed by atoms with E-state index >= 15 is 0 Å². The molecule has 0 N–H and O–H groups in total. The van der Waals surface area contributed by atoms with Crippen molar-refractivity contribution in [1.29, 1.82) is 0 Å². The van der Waals surface area contributed by atoms with Crippen molar-refractivity contribution in [3.63, 3.8) is 0 Å². The average Bonchev–Trinajstić information content (AvgIpc) is 3.31. The Morgan fingerprint density at radius 3 is 2.72 bits per heavy atom. The van der Waals surface area contributed by atoms with Crippen molar-refractivity contribution >= 4 is 6.01 Å². The standard InChI is InChI=1S/C19H26N4O2/c1-14-5-4-10-23(14)16-8-11-22(12-9-16)19-20-18(21-25-19)15-6-3-7-17(13-15)24-2/h3,6-7,13-14,16H,4-5,8-12H2,1-2H3. The summed E-state index contributed by atoms with van der Waals surface area (Å²) in [6, 6.07) is 9.81. The highest BCUT2D eigenvalue weighted by Crippen LogP contribution is 2.28. The van der Waals surface area contributed by atoms with E-state index < -0.39 is 0 Å². The predicted octanol–water partition coefficient (Wildman–Crippen LogP) is 3.20. The van der Waals surface area contributed by atoms with Crippen molar-refractivity contribution in [2.24, 2.45) is 0 Å². The lowest BCUT2D eigenvalue weighted by atomic mass is 10.0. The van der Waals surface area contributed by atoms with Crippen LogP contribution in [-0.2, 0) is 0 Å². The van der Waals surface area contributed by atoms with Gasteiger partial charge in [-0.25, -0.2) is 0 Å². The molecular weight excluding hydrogens is 316 g/mol. The zero-order chi connectivity index (χ0) is 17.2. The maximum Gasteiger partial charge on any atom is 0.324 e. The summed E-state index contributed by atoms with van der Waals surface area (Å²) in [5.41, 5.74) is 0.912. The SMILES string of the molecule is COc1cccc(-c2noc(N3CCC(N4CCCC4C)CC3)n2)c1. The van der Waals surface area contributed by atoms with Gasteiger partial charge in [-0.05, 0) is 51.3 Å². The molecule has 6 nitrogen and oxygen atoms in total. The van der Waals surface area contributed by atoms with Gasteiger partial charge in [0, 0.05) is 30.7 Å². The summed E-state index contributed by atoms with van der Waals surface area (Å²) >= 11 is 0. The molecule has 2 aliphatic heterocycles. The summed E-state index contributed by atoms with van der Waals surface area (Å²) in [4.78, 5) is 9.50. The van der Waals surface area contributed by atoms with Crippen LogP contribution < -0.4 is 9.64 Å². The lowest BCUT2D eigenvalue weighted by Crippen LogP contribution is -2.46. The molecular formula is C19H26N4O2. The first kappa shape index (κ1) is 16.4. The first-order chi connectivity index (χ1) is 12.2. The maximum absolute atomic E-state index is 5.52. The minimum Gasteiger partial charge on any atom is -0.497 e. The molecule has 1 aromatic carbocycles. The fourth-order valence-electron chi connectivity index (χ4n) is 4.11. The maximum atomic E-state index is 5.52. The quantitative estimate of drug-likeness (QED) is 0.850. The van der Waals surface area contributed by atoms with E-state index in [1.807, 2.05) is 24.3 Å². The third-order valence-corrected chi connectivity index (χ3v) is 5.55. The number of aromatic nitrogens is 2. The molecule has 2 aromatic rings. The molecule has 134 valence electrons. The van der Waals surface area contributed by atoms with Gasteiger partial charge in [0.1, 0.15) is 5.75 Å². The topological polar surface area (TPSA) is 54.6 Å². The first-order valence-electron chi connectivity index (χ1n) is 9.23. The largest absolute Gasteiger partial charge is 0.497 e. The van der Waals surface area contributed by atoms with Gasteiger partial charge in [-0.15, -0.1) is 0 Å². The van der Waals surface area contributed by atoms with Crippen LogP contribution in [0.4, 0.5) is 6.01 Å². The molecule has 2 aliphatic rings. The van der Waals surface area contributed by atoms with Gasteiger partial charge in [-0.1, -0.05) is 17.3 Å². The van der Waals surface area contributed by atoms with Crippen molar-refractivity contribution in [2.45, 2.75) is 44.7 Å². The van der Waals surface area contributed by atoms with Crippen molar-refractivity contribution in [2.75, 3.05) is 31.6 Å². The van der Waals surface area contributed by atoms with Gasteiger partial charge in [0.05, 0.1) is 7.11 Å². The molecule has 4 rings (SSSR count). The number of hydrogen-bond donors (Lipinski definition) is 0. The van der Waals surface area contributed by atoms with E-state index in [9.17, 15) is 0 Å². The molecule has 0 radical (unpaired) electrons. The van der Waals surface area contributed by atoms with E-state index in [2.05, 4.69) is 26.9 Å². The minimum atomic E-state index is 0.615. The Kier molecular flexibility index (Phi) is 4.61. The van der Waals surface area contributed by atoms with Gasteiger partial charge >= 0.3 is 6.01 Å². The number of ether oxygens (including phenoxy) is 1. The van der Waals surface area contributed by atoms with Crippen molar-refractivity contribution in [1.82, 2.24) is 15.0 Å². The Balaban J connectivity index is 1.41. The van der Waals surface area contributed by atoms with Crippen LogP contribution in [0.15, 0.2) is 28.8 Å². The molecule has 1 unspecified atom stereocenters. The van der Waals surface area contributed by atoms with Crippen LogP contribution in [0.3, 0.4) is 0 Å². The molecule has 2 saturated heterocycles. The monoisotopic (exact) mass is 342 g/mol. The Morgan fingerprint density at radius 2 is 2.00 bits per heavy atom. The van der Waals surface area contributed by atoms with E-state index in [0.717, 1.165) is 30.4 Å². The average molecular weight is 342 g/mol. The van der Waals surface area contributed by atoms with Crippen molar-refractivity contribution in [3.05, 3.63) is 24.3 Å². The molecule has 0 amide bonds. The van der Waals surface area contributed by atoms with Crippen LogP contribution in [0, 0.1) is 0 Å². The van der Waals surface area contributed by atoms with Crippen LogP contribution >= 0.6 is 0 Å². The number of anilines is 1. The Bertz CT molecular complexity index is 709. The van der Waals surface area contributed by atoms with Crippen LogP contribution in [0.5, 0.6) is 5.75 Å². The second kappa shape index (κ2) is 7.04. The Hall–Kier alpha value is -2.08. The van der Waals surface area contributed by atoms with Gasteiger partial charge in [-0.3, -0.25) is 4.90 Å². The highest BCUT2D eigenvalue weighted by atomic mass is 16.5. The summed E-state index contributed by atoms with van der Waals surface area (Å²) in [6.07, 6.45) is 5.02. The van der Waals surface area contributed by atoms with Crippen molar-refractivity contribution in [3.8, 4) is 17.1 Å². The number of piperidine rings is 1. The number of nitrogens with zero attached hydrogens (tertiary/aromatic N) is 4. The van der Waals surface area contributed by atoms with Gasteiger partial charge in [0.2, 0.25) is 5.82 Å². The zero-order valence-electron chi connectivity index (χ0n) is 15.0. The number of benzene rings is 1. The highest BCUT2D eigenvalue weighted by molar-refractivity contribution is 5.58. The third-order valence-electron chi connectivity index (χ3n) is 5.55. The third kappa shape index (κ3) is 3.35. The van der Waals surface area contributed by atoms with Crippen LogP contribution in [-0.4, -0.2) is 53.9 Å². The molecule has 0 aliphatic carbocycles. The van der Waals surface area contributed by atoms with Gasteiger partial charge in [0.15, 0.2) is 0 Å². The summed E-state index contributed by atoms with van der Waals surface area (Å²) in [7, 11) is 1.66. The lowest BCUT2D eigenvalue weighted by Gasteiger charge is -2.37. The molecule has 25 heavy (non-hydrogen) atoms. The Labute approximate surface area is 148 Å². The Morgan fingerprint density at radius 1 is 1.16 bits per heavy atom. The molecule has 0 saturated carbocycles. The number of hydrogen-bond acceptors (Lipinski definition) is 6. The molecule has 1 atom stereocenters. The summed E-state index contributed by atoms with van der Waals surface area (Å²) < 4.78 is 10.8. The number of methoxy groups -OCH3 is 1. The van der Waals surface area contributed by atoms with Gasteiger partial charge in [-0.2, -0.15) is 4.98 Å². The molecule has 1 aromatic heterocycles. The summed E-state index contributed by atoms with van der Waals surface area (Å²) in [6.45, 7) is 5.57. The normalized spacial score (nSPS) is 22.5. The van der Waals surface area contributed by atoms with E-state index in [0.29, 0.717) is 17.9 Å². The highest BCUT2D eigenvalue weighted by Gasteiger charge is 2.31. The smallest absolute Gasteiger partial charge is 0.324 e. The zero-order valence-corrected chi connectivity index (χ0v) is 15.0.